The van der Waals surface area contributed by atoms with E-state index in [9.17, 15) is 19.2 Å². The van der Waals surface area contributed by atoms with Crippen molar-refractivity contribution in [3.8, 4) is 17.2 Å². The Morgan fingerprint density at radius 1 is 0.791 bits per heavy atom. The Balaban J connectivity index is 2.24. The van der Waals surface area contributed by atoms with Gasteiger partial charge in [-0.1, -0.05) is 0 Å². The number of halogens is 4. The van der Waals surface area contributed by atoms with E-state index in [0.29, 0.717) is 24.4 Å². The molecule has 0 heterocycles. The summed E-state index contributed by atoms with van der Waals surface area (Å²) in [6, 6.07) is 6.13. The van der Waals surface area contributed by atoms with E-state index < -0.39 is 54.5 Å². The minimum absolute atomic E-state index is 0.159. The number of aliphatic carboxylic acids is 1. The van der Waals surface area contributed by atoms with Gasteiger partial charge in [-0.25, -0.2) is 19.2 Å². The maximum atomic E-state index is 13.0. The summed E-state index contributed by atoms with van der Waals surface area (Å²) in [6.45, 7) is 9.37. The number of hydrogen-bond acceptors (Lipinski definition) is 9. The van der Waals surface area contributed by atoms with E-state index in [1.807, 2.05) is 57.3 Å². The van der Waals surface area contributed by atoms with Crippen LogP contribution in [0.15, 0.2) is 24.3 Å². The quantitative estimate of drug-likeness (QED) is 0.142. The third-order valence-corrected chi connectivity index (χ3v) is 7.94. The first-order valence-corrected chi connectivity index (χ1v) is 16.9. The molecular formula is C28H31I4NO10. The topological polar surface area (TPSA) is 147 Å². The number of carboxylic acids is 1. The van der Waals surface area contributed by atoms with E-state index in [0.717, 1.165) is 12.7 Å². The molecule has 0 saturated carbocycles. The van der Waals surface area contributed by atoms with Crippen LogP contribution in [0.3, 0.4) is 0 Å². The van der Waals surface area contributed by atoms with Gasteiger partial charge in [0.05, 0.1) is 14.3 Å². The molecule has 15 heteroatoms. The Labute approximate surface area is 304 Å². The number of carboxylic acid groups (broad SMARTS) is 1. The first kappa shape index (κ1) is 38.0. The predicted molar refractivity (Wildman–Crippen MR) is 191 cm³/mol. The number of carbonyl (C=O) groups excluding carboxylic acids is 3. The summed E-state index contributed by atoms with van der Waals surface area (Å²) >= 11 is 8.31. The van der Waals surface area contributed by atoms with Crippen LogP contribution < -0.4 is 14.8 Å². The lowest BCUT2D eigenvalue weighted by Crippen LogP contribution is -2.47. The van der Waals surface area contributed by atoms with Gasteiger partial charge in [0.15, 0.2) is 11.5 Å². The van der Waals surface area contributed by atoms with Crippen molar-refractivity contribution in [1.82, 2.24) is 5.32 Å². The zero-order chi connectivity index (χ0) is 32.7. The molecule has 0 aliphatic carbocycles. The SMILES string of the molecule is CC(C)(C)OC(=O)N[C@@H](Cc1cc(I)c(Oc2cc(I)c(OC(=O)COCC(=O)O)c(I)c2)c(I)c1)C(=O)OC(C)(C)C. The van der Waals surface area contributed by atoms with Gasteiger partial charge in [0.25, 0.3) is 0 Å². The molecule has 0 radical (unpaired) electrons. The number of carbonyl (C=O) groups is 4. The van der Waals surface area contributed by atoms with Crippen molar-refractivity contribution >= 4 is 114 Å². The molecule has 2 N–H and O–H groups in total. The van der Waals surface area contributed by atoms with Crippen LogP contribution in [0.4, 0.5) is 4.79 Å². The number of nitrogens with one attached hydrogen (secondary N) is 1. The predicted octanol–water partition coefficient (Wildman–Crippen LogP) is 6.68. The fraction of sp³-hybridized carbons (Fsp3) is 0.429. The molecule has 0 aliphatic heterocycles. The lowest BCUT2D eigenvalue weighted by Gasteiger charge is -2.26. The molecule has 236 valence electrons. The highest BCUT2D eigenvalue weighted by Crippen LogP contribution is 2.37. The first-order valence-electron chi connectivity index (χ1n) is 12.6. The first-order chi connectivity index (χ1) is 19.7. The monoisotopic (exact) mass is 1050 g/mol. The van der Waals surface area contributed by atoms with Crippen LogP contribution in [0, 0.1) is 14.3 Å². The van der Waals surface area contributed by atoms with Gasteiger partial charge in [0.2, 0.25) is 0 Å². The van der Waals surface area contributed by atoms with E-state index in [-0.39, 0.29) is 6.42 Å². The molecule has 0 aromatic heterocycles. The summed E-state index contributed by atoms with van der Waals surface area (Å²) in [7, 11) is 0. The highest BCUT2D eigenvalue weighted by atomic mass is 127. The van der Waals surface area contributed by atoms with Crippen molar-refractivity contribution < 1.29 is 48.0 Å². The summed E-state index contributed by atoms with van der Waals surface area (Å²) in [6.07, 6.45) is -0.564. The number of amides is 1. The Hall–Kier alpha value is -1.20. The van der Waals surface area contributed by atoms with Gasteiger partial charge in [-0.3, -0.25) is 0 Å². The highest BCUT2D eigenvalue weighted by molar-refractivity contribution is 14.1. The second-order valence-corrected chi connectivity index (χ2v) is 15.7. The lowest BCUT2D eigenvalue weighted by atomic mass is 10.1. The summed E-state index contributed by atoms with van der Waals surface area (Å²) in [5, 5.41) is 11.3. The fourth-order valence-electron chi connectivity index (χ4n) is 3.26. The number of esters is 2. The standard InChI is InChI=1S/C28H31I4NO10/c1-27(2,3)42-25(37)20(33-26(38)43-28(4,5)6)9-14-7-16(29)23(17(30)8-14)40-15-10-18(31)24(19(32)11-15)41-22(36)13-39-12-21(34)35/h7-8,10-11,20H,9,12-13H2,1-6H3,(H,33,38)(H,34,35)/t20-/m0/s1. The Morgan fingerprint density at radius 2 is 1.30 bits per heavy atom. The van der Waals surface area contributed by atoms with Crippen molar-refractivity contribution in [3.05, 3.63) is 44.1 Å². The Bertz CT molecular complexity index is 1320. The van der Waals surface area contributed by atoms with Crippen LogP contribution >= 0.6 is 90.4 Å². The molecule has 2 rings (SSSR count). The summed E-state index contributed by atoms with van der Waals surface area (Å²) in [5.74, 6) is -1.10. The van der Waals surface area contributed by atoms with Crippen LogP contribution in [0.2, 0.25) is 0 Å². The van der Waals surface area contributed by atoms with Crippen LogP contribution in [-0.2, 0) is 35.0 Å². The van der Waals surface area contributed by atoms with Gasteiger partial charge in [-0.2, -0.15) is 0 Å². The van der Waals surface area contributed by atoms with E-state index in [1.54, 1.807) is 53.7 Å². The van der Waals surface area contributed by atoms with Crippen LogP contribution in [-0.4, -0.2) is 59.6 Å². The second kappa shape index (κ2) is 16.4. The number of hydrogen-bond donors (Lipinski definition) is 2. The summed E-state index contributed by atoms with van der Waals surface area (Å²) in [4.78, 5) is 48.1. The van der Waals surface area contributed by atoms with E-state index >= 15 is 0 Å². The van der Waals surface area contributed by atoms with Gasteiger partial charge in [-0.05, 0) is 162 Å². The molecule has 0 spiro atoms. The smallest absolute Gasteiger partial charge is 0.408 e. The second-order valence-electron chi connectivity index (χ2n) is 11.0. The molecule has 2 aromatic carbocycles. The number of ether oxygens (including phenoxy) is 5. The van der Waals surface area contributed by atoms with Crippen molar-refractivity contribution in [1.29, 1.82) is 0 Å². The molecule has 0 saturated heterocycles. The van der Waals surface area contributed by atoms with Gasteiger partial charge in [-0.15, -0.1) is 0 Å². The van der Waals surface area contributed by atoms with Gasteiger partial charge in [0.1, 0.15) is 36.2 Å². The third kappa shape index (κ3) is 13.8. The molecule has 11 nitrogen and oxygen atoms in total. The molecule has 0 unspecified atom stereocenters. The zero-order valence-corrected chi connectivity index (χ0v) is 32.8. The van der Waals surface area contributed by atoms with Gasteiger partial charge >= 0.3 is 24.0 Å². The fourth-order valence-corrected chi connectivity index (χ4v) is 7.30. The van der Waals surface area contributed by atoms with Crippen LogP contribution in [0.25, 0.3) is 0 Å². The van der Waals surface area contributed by atoms with Crippen molar-refractivity contribution in [2.45, 2.75) is 65.2 Å². The molecule has 1 atom stereocenters. The maximum Gasteiger partial charge on any atom is 0.408 e. The average molecular weight is 1050 g/mol. The van der Waals surface area contributed by atoms with Crippen molar-refractivity contribution in [2.75, 3.05) is 13.2 Å². The largest absolute Gasteiger partial charge is 0.480 e. The van der Waals surface area contributed by atoms with Crippen LogP contribution in [0.1, 0.15) is 47.1 Å². The minimum Gasteiger partial charge on any atom is -0.480 e. The molecule has 0 bridgehead atoms. The summed E-state index contributed by atoms with van der Waals surface area (Å²) in [5.41, 5.74) is -0.717. The minimum atomic E-state index is -1.18. The summed E-state index contributed by atoms with van der Waals surface area (Å²) < 4.78 is 30.0. The van der Waals surface area contributed by atoms with E-state index in [4.69, 9.17) is 28.8 Å². The number of benzene rings is 2. The normalized spacial score (nSPS) is 12.2. The Morgan fingerprint density at radius 3 is 1.79 bits per heavy atom. The zero-order valence-electron chi connectivity index (χ0n) is 24.1. The third-order valence-electron chi connectivity index (χ3n) is 4.73. The molecule has 1 amide bonds. The highest BCUT2D eigenvalue weighted by Gasteiger charge is 2.29. The van der Waals surface area contributed by atoms with Crippen LogP contribution in [0.5, 0.6) is 17.2 Å². The molecule has 0 aliphatic rings. The lowest BCUT2D eigenvalue weighted by molar-refractivity contribution is -0.157. The van der Waals surface area contributed by atoms with E-state index in [2.05, 4.69) is 50.5 Å². The molecular weight excluding hydrogens is 1020 g/mol. The molecule has 43 heavy (non-hydrogen) atoms. The van der Waals surface area contributed by atoms with Gasteiger partial charge < -0.3 is 34.1 Å². The number of alkyl carbamates (subject to hydrolysis) is 1. The maximum absolute atomic E-state index is 13.0. The number of rotatable bonds is 11. The van der Waals surface area contributed by atoms with Crippen molar-refractivity contribution in [2.24, 2.45) is 0 Å². The molecule has 0 fully saturated rings. The average Bonchev–Trinajstić information content (AvgIpc) is 2.81. The van der Waals surface area contributed by atoms with Crippen molar-refractivity contribution in [3.63, 3.8) is 0 Å². The van der Waals surface area contributed by atoms with Gasteiger partial charge in [0, 0.05) is 6.42 Å². The van der Waals surface area contributed by atoms with E-state index in [1.165, 1.54) is 0 Å². The Kier molecular flexibility index (Phi) is 14.5. The molecule has 2 aromatic rings.